The summed E-state index contributed by atoms with van der Waals surface area (Å²) in [6.07, 6.45) is 3.59. The molecule has 0 spiro atoms. The standard InChI is InChI=1S/C8H9N3OS/c1-12-4-7-5-13-8(11-7)6-2-9-10-3-6/h2-3,5H,4H2,1H3,(H,9,10). The lowest BCUT2D eigenvalue weighted by Gasteiger charge is -1.90. The van der Waals surface area contributed by atoms with Gasteiger partial charge in [-0.3, -0.25) is 5.10 Å². The van der Waals surface area contributed by atoms with Crippen molar-refractivity contribution >= 4 is 11.3 Å². The van der Waals surface area contributed by atoms with Gasteiger partial charge in [-0.15, -0.1) is 11.3 Å². The zero-order chi connectivity index (χ0) is 9.10. The molecular formula is C8H9N3OS. The summed E-state index contributed by atoms with van der Waals surface area (Å²) in [5.74, 6) is 0. The summed E-state index contributed by atoms with van der Waals surface area (Å²) >= 11 is 1.60. The fraction of sp³-hybridized carbons (Fsp3) is 0.250. The topological polar surface area (TPSA) is 50.8 Å². The highest BCUT2D eigenvalue weighted by Gasteiger charge is 2.04. The van der Waals surface area contributed by atoms with Gasteiger partial charge in [0.05, 0.1) is 18.5 Å². The van der Waals surface area contributed by atoms with Gasteiger partial charge in [0.1, 0.15) is 5.01 Å². The van der Waals surface area contributed by atoms with Crippen LogP contribution in [-0.2, 0) is 11.3 Å². The van der Waals surface area contributed by atoms with Crippen molar-refractivity contribution in [2.45, 2.75) is 6.61 Å². The van der Waals surface area contributed by atoms with Gasteiger partial charge in [0.2, 0.25) is 0 Å². The van der Waals surface area contributed by atoms with Crippen molar-refractivity contribution in [3.05, 3.63) is 23.5 Å². The molecular weight excluding hydrogens is 186 g/mol. The number of hydrogen-bond donors (Lipinski definition) is 1. The van der Waals surface area contributed by atoms with Crippen LogP contribution >= 0.6 is 11.3 Å². The Hall–Kier alpha value is -1.20. The molecule has 0 saturated carbocycles. The van der Waals surface area contributed by atoms with Crippen LogP contribution in [0.1, 0.15) is 5.69 Å². The van der Waals surface area contributed by atoms with Gasteiger partial charge in [-0.25, -0.2) is 4.98 Å². The van der Waals surface area contributed by atoms with Crippen molar-refractivity contribution in [3.8, 4) is 10.6 Å². The third kappa shape index (κ3) is 1.76. The van der Waals surface area contributed by atoms with Crippen LogP contribution in [0.25, 0.3) is 10.6 Å². The molecule has 0 saturated heterocycles. The van der Waals surface area contributed by atoms with E-state index in [1.165, 1.54) is 0 Å². The monoisotopic (exact) mass is 195 g/mol. The van der Waals surface area contributed by atoms with Crippen molar-refractivity contribution in [3.63, 3.8) is 0 Å². The average molecular weight is 195 g/mol. The van der Waals surface area contributed by atoms with Gasteiger partial charge in [0, 0.05) is 24.3 Å². The molecule has 13 heavy (non-hydrogen) atoms. The molecule has 2 aromatic heterocycles. The summed E-state index contributed by atoms with van der Waals surface area (Å²) in [6, 6.07) is 0. The van der Waals surface area contributed by atoms with Gasteiger partial charge in [-0.2, -0.15) is 5.10 Å². The maximum absolute atomic E-state index is 4.98. The number of rotatable bonds is 3. The van der Waals surface area contributed by atoms with Gasteiger partial charge in [0.15, 0.2) is 0 Å². The van der Waals surface area contributed by atoms with E-state index >= 15 is 0 Å². The summed E-state index contributed by atoms with van der Waals surface area (Å²) in [7, 11) is 1.66. The summed E-state index contributed by atoms with van der Waals surface area (Å²) in [6.45, 7) is 0.564. The number of nitrogens with zero attached hydrogens (tertiary/aromatic N) is 2. The van der Waals surface area contributed by atoms with Crippen LogP contribution in [0.15, 0.2) is 17.8 Å². The number of aromatic nitrogens is 3. The molecule has 0 aliphatic heterocycles. The van der Waals surface area contributed by atoms with Crippen molar-refractivity contribution in [1.29, 1.82) is 0 Å². The summed E-state index contributed by atoms with van der Waals surface area (Å²) in [4.78, 5) is 4.38. The molecule has 0 aliphatic rings. The zero-order valence-electron chi connectivity index (χ0n) is 7.15. The first kappa shape index (κ1) is 8.40. The fourth-order valence-corrected chi connectivity index (χ4v) is 1.81. The smallest absolute Gasteiger partial charge is 0.126 e. The second-order valence-corrected chi connectivity index (χ2v) is 3.42. The molecule has 0 unspecified atom stereocenters. The lowest BCUT2D eigenvalue weighted by atomic mass is 10.4. The molecule has 0 bridgehead atoms. The molecule has 4 nitrogen and oxygen atoms in total. The van der Waals surface area contributed by atoms with Gasteiger partial charge in [0.25, 0.3) is 0 Å². The molecule has 0 radical (unpaired) electrons. The third-order valence-electron chi connectivity index (χ3n) is 1.59. The number of H-pyrrole nitrogens is 1. The summed E-state index contributed by atoms with van der Waals surface area (Å²) < 4.78 is 4.98. The van der Waals surface area contributed by atoms with Crippen molar-refractivity contribution < 1.29 is 4.74 Å². The third-order valence-corrected chi connectivity index (χ3v) is 2.53. The first-order chi connectivity index (χ1) is 6.40. The number of thiazole rings is 1. The second-order valence-electron chi connectivity index (χ2n) is 2.56. The molecule has 0 aromatic carbocycles. The van der Waals surface area contributed by atoms with E-state index in [0.717, 1.165) is 16.3 Å². The molecule has 2 aromatic rings. The normalized spacial score (nSPS) is 10.5. The number of aromatic amines is 1. The molecule has 68 valence electrons. The van der Waals surface area contributed by atoms with E-state index in [0.29, 0.717) is 6.61 Å². The van der Waals surface area contributed by atoms with Crippen LogP contribution in [0.5, 0.6) is 0 Å². The largest absolute Gasteiger partial charge is 0.378 e. The number of hydrogen-bond acceptors (Lipinski definition) is 4. The van der Waals surface area contributed by atoms with E-state index in [-0.39, 0.29) is 0 Å². The fourth-order valence-electron chi connectivity index (χ4n) is 1.02. The zero-order valence-corrected chi connectivity index (χ0v) is 7.97. The Morgan fingerprint density at radius 1 is 1.62 bits per heavy atom. The van der Waals surface area contributed by atoms with E-state index in [9.17, 15) is 0 Å². The van der Waals surface area contributed by atoms with Crippen LogP contribution in [0.3, 0.4) is 0 Å². The van der Waals surface area contributed by atoms with Crippen LogP contribution < -0.4 is 0 Å². The molecule has 0 amide bonds. The van der Waals surface area contributed by atoms with E-state index < -0.39 is 0 Å². The molecule has 2 heterocycles. The predicted octanol–water partition coefficient (Wildman–Crippen LogP) is 1.68. The van der Waals surface area contributed by atoms with Gasteiger partial charge in [-0.05, 0) is 0 Å². The predicted molar refractivity (Wildman–Crippen MR) is 50.4 cm³/mol. The summed E-state index contributed by atoms with van der Waals surface area (Å²) in [5, 5.41) is 9.58. The van der Waals surface area contributed by atoms with E-state index in [1.54, 1.807) is 24.6 Å². The molecule has 1 N–H and O–H groups in total. The van der Waals surface area contributed by atoms with Gasteiger partial charge < -0.3 is 4.74 Å². The van der Waals surface area contributed by atoms with Gasteiger partial charge in [-0.1, -0.05) is 0 Å². The Bertz CT molecular complexity index is 368. The number of methoxy groups -OCH3 is 1. The minimum absolute atomic E-state index is 0.564. The highest BCUT2D eigenvalue weighted by atomic mass is 32.1. The molecule has 0 fully saturated rings. The Balaban J connectivity index is 2.23. The Kier molecular flexibility index (Phi) is 2.37. The Morgan fingerprint density at radius 2 is 2.54 bits per heavy atom. The Labute approximate surface area is 79.6 Å². The minimum Gasteiger partial charge on any atom is -0.378 e. The van der Waals surface area contributed by atoms with Gasteiger partial charge >= 0.3 is 0 Å². The van der Waals surface area contributed by atoms with E-state index in [1.807, 2.05) is 11.6 Å². The van der Waals surface area contributed by atoms with Crippen molar-refractivity contribution in [2.75, 3.05) is 7.11 Å². The SMILES string of the molecule is COCc1csc(-c2cn[nH]c2)n1. The Morgan fingerprint density at radius 3 is 3.23 bits per heavy atom. The highest BCUT2D eigenvalue weighted by Crippen LogP contribution is 2.22. The number of ether oxygens (including phenoxy) is 1. The van der Waals surface area contributed by atoms with Crippen LogP contribution in [0, 0.1) is 0 Å². The molecule has 5 heteroatoms. The average Bonchev–Trinajstić information content (AvgIpc) is 2.70. The van der Waals surface area contributed by atoms with E-state index in [4.69, 9.17) is 4.74 Å². The van der Waals surface area contributed by atoms with Crippen LogP contribution in [-0.4, -0.2) is 22.3 Å². The van der Waals surface area contributed by atoms with Crippen molar-refractivity contribution in [2.24, 2.45) is 0 Å². The lowest BCUT2D eigenvalue weighted by Crippen LogP contribution is -1.86. The lowest BCUT2D eigenvalue weighted by molar-refractivity contribution is 0.182. The molecule has 0 atom stereocenters. The first-order valence-corrected chi connectivity index (χ1v) is 4.70. The molecule has 0 aliphatic carbocycles. The number of nitrogens with one attached hydrogen (secondary N) is 1. The minimum atomic E-state index is 0.564. The van der Waals surface area contributed by atoms with Crippen LogP contribution in [0.4, 0.5) is 0 Å². The molecule has 2 rings (SSSR count). The van der Waals surface area contributed by atoms with E-state index in [2.05, 4.69) is 15.2 Å². The highest BCUT2D eigenvalue weighted by molar-refractivity contribution is 7.13. The summed E-state index contributed by atoms with van der Waals surface area (Å²) in [5.41, 5.74) is 1.98. The quantitative estimate of drug-likeness (QED) is 0.810. The first-order valence-electron chi connectivity index (χ1n) is 3.82. The maximum atomic E-state index is 4.98. The maximum Gasteiger partial charge on any atom is 0.126 e. The second kappa shape index (κ2) is 3.68. The van der Waals surface area contributed by atoms with Crippen LogP contribution in [0.2, 0.25) is 0 Å². The van der Waals surface area contributed by atoms with Crippen molar-refractivity contribution in [1.82, 2.24) is 15.2 Å².